The average molecular weight is 254 g/mol. The largest absolute Gasteiger partial charge is 0.338 e. The van der Waals surface area contributed by atoms with E-state index < -0.39 is 0 Å². The average Bonchev–Trinajstić information content (AvgIpc) is 2.40. The topological polar surface area (TPSA) is 53.1 Å². The molecule has 1 aromatic heterocycles. The summed E-state index contributed by atoms with van der Waals surface area (Å²) >= 11 is 6.23. The van der Waals surface area contributed by atoms with Gasteiger partial charge >= 0.3 is 0 Å². The molecule has 0 atom stereocenters. The molecular formula is C11H16ClN5. The summed E-state index contributed by atoms with van der Waals surface area (Å²) in [6, 6.07) is 0. The van der Waals surface area contributed by atoms with Crippen LogP contribution >= 0.6 is 11.6 Å². The van der Waals surface area contributed by atoms with Crippen molar-refractivity contribution < 1.29 is 0 Å². The fourth-order valence-electron chi connectivity index (χ4n) is 2.30. The summed E-state index contributed by atoms with van der Waals surface area (Å²) in [6.07, 6.45) is 0.941. The Bertz CT molecular complexity index is 417. The van der Waals surface area contributed by atoms with Gasteiger partial charge in [0.2, 0.25) is 5.95 Å². The van der Waals surface area contributed by atoms with Crippen molar-refractivity contribution in [1.29, 1.82) is 0 Å². The number of piperazine rings is 1. The van der Waals surface area contributed by atoms with Gasteiger partial charge in [0.15, 0.2) is 0 Å². The van der Waals surface area contributed by atoms with Gasteiger partial charge in [-0.1, -0.05) is 11.6 Å². The molecule has 1 saturated heterocycles. The first-order chi connectivity index (χ1) is 8.34. The fourth-order valence-corrected chi connectivity index (χ4v) is 2.55. The van der Waals surface area contributed by atoms with Crippen molar-refractivity contribution >= 4 is 17.5 Å². The van der Waals surface area contributed by atoms with E-state index in [-0.39, 0.29) is 0 Å². The van der Waals surface area contributed by atoms with E-state index in [1.807, 2.05) is 0 Å². The van der Waals surface area contributed by atoms with Crippen LogP contribution < -0.4 is 15.5 Å². The van der Waals surface area contributed by atoms with Crippen molar-refractivity contribution in [3.63, 3.8) is 0 Å². The predicted octanol–water partition coefficient (Wildman–Crippen LogP) is 0.185. The number of fused-ring (bicyclic) bond motifs is 1. The number of rotatable bonds is 1. The summed E-state index contributed by atoms with van der Waals surface area (Å²) in [6.45, 7) is 5.64. The molecule has 2 aliphatic heterocycles. The number of nitrogens with zero attached hydrogens (tertiary/aromatic N) is 3. The summed E-state index contributed by atoms with van der Waals surface area (Å²) in [4.78, 5) is 11.3. The van der Waals surface area contributed by atoms with Crippen LogP contribution in [0.4, 0.5) is 5.95 Å². The van der Waals surface area contributed by atoms with E-state index in [0.717, 1.165) is 62.9 Å². The third kappa shape index (κ3) is 2.22. The Balaban J connectivity index is 1.92. The van der Waals surface area contributed by atoms with E-state index in [9.17, 15) is 0 Å². The van der Waals surface area contributed by atoms with E-state index in [4.69, 9.17) is 11.6 Å². The Morgan fingerprint density at radius 2 is 1.88 bits per heavy atom. The lowest BCUT2D eigenvalue weighted by molar-refractivity contribution is 0.573. The van der Waals surface area contributed by atoms with Gasteiger partial charge in [-0.25, -0.2) is 9.97 Å². The van der Waals surface area contributed by atoms with Crippen molar-refractivity contribution in [1.82, 2.24) is 20.6 Å². The minimum absolute atomic E-state index is 0.607. The maximum atomic E-state index is 6.23. The molecule has 0 aliphatic carbocycles. The molecular weight excluding hydrogens is 238 g/mol. The number of nitrogens with one attached hydrogen (secondary N) is 2. The van der Waals surface area contributed by atoms with Crippen LogP contribution in [0.2, 0.25) is 5.15 Å². The van der Waals surface area contributed by atoms with Crippen molar-refractivity contribution in [2.45, 2.75) is 13.0 Å². The number of anilines is 1. The smallest absolute Gasteiger partial charge is 0.227 e. The van der Waals surface area contributed by atoms with Gasteiger partial charge in [-0.15, -0.1) is 0 Å². The van der Waals surface area contributed by atoms with E-state index in [1.165, 1.54) is 0 Å². The lowest BCUT2D eigenvalue weighted by Gasteiger charge is -2.28. The van der Waals surface area contributed by atoms with Gasteiger partial charge in [0.05, 0.1) is 5.69 Å². The standard InChI is InChI=1S/C11H16ClN5/c12-10-8-7-14-2-1-9(8)15-11(16-10)17-5-3-13-4-6-17/h13-14H,1-7H2. The summed E-state index contributed by atoms with van der Waals surface area (Å²) < 4.78 is 0. The summed E-state index contributed by atoms with van der Waals surface area (Å²) in [7, 11) is 0. The van der Waals surface area contributed by atoms with Crippen molar-refractivity contribution in [3.05, 3.63) is 16.4 Å². The molecule has 1 fully saturated rings. The molecule has 0 radical (unpaired) electrons. The molecule has 1 aromatic rings. The monoisotopic (exact) mass is 253 g/mol. The number of halogens is 1. The molecule has 0 unspecified atom stereocenters. The molecule has 5 nitrogen and oxygen atoms in total. The van der Waals surface area contributed by atoms with Gasteiger partial charge < -0.3 is 15.5 Å². The van der Waals surface area contributed by atoms with Crippen LogP contribution in [0.5, 0.6) is 0 Å². The highest BCUT2D eigenvalue weighted by atomic mass is 35.5. The Kier molecular flexibility index (Phi) is 3.13. The molecule has 3 rings (SSSR count). The lowest BCUT2D eigenvalue weighted by atomic mass is 10.1. The zero-order valence-electron chi connectivity index (χ0n) is 9.67. The van der Waals surface area contributed by atoms with Gasteiger partial charge in [-0.05, 0) is 0 Å². The van der Waals surface area contributed by atoms with Crippen LogP contribution in [0, 0.1) is 0 Å². The molecule has 0 bridgehead atoms. The van der Waals surface area contributed by atoms with Gasteiger partial charge in [0, 0.05) is 51.3 Å². The van der Waals surface area contributed by atoms with Crippen molar-refractivity contribution in [2.75, 3.05) is 37.6 Å². The normalized spacial score (nSPS) is 20.2. The Hall–Kier alpha value is -0.910. The van der Waals surface area contributed by atoms with E-state index >= 15 is 0 Å². The second-order valence-corrected chi connectivity index (χ2v) is 4.76. The third-order valence-corrected chi connectivity index (χ3v) is 3.58. The van der Waals surface area contributed by atoms with Gasteiger partial charge in [-0.2, -0.15) is 0 Å². The molecule has 0 spiro atoms. The van der Waals surface area contributed by atoms with Gasteiger partial charge in [0.25, 0.3) is 0 Å². The minimum Gasteiger partial charge on any atom is -0.338 e. The molecule has 0 aromatic carbocycles. The first kappa shape index (κ1) is 11.2. The second kappa shape index (κ2) is 4.76. The zero-order chi connectivity index (χ0) is 11.7. The highest BCUT2D eigenvalue weighted by molar-refractivity contribution is 6.30. The number of hydrogen-bond donors (Lipinski definition) is 2. The van der Waals surface area contributed by atoms with Gasteiger partial charge in [-0.3, -0.25) is 0 Å². The first-order valence-electron chi connectivity index (χ1n) is 6.06. The molecule has 2 aliphatic rings. The highest BCUT2D eigenvalue weighted by Crippen LogP contribution is 2.23. The lowest BCUT2D eigenvalue weighted by Crippen LogP contribution is -2.44. The fraction of sp³-hybridized carbons (Fsp3) is 0.636. The summed E-state index contributed by atoms with van der Waals surface area (Å²) in [5, 5.41) is 7.22. The molecule has 6 heteroatoms. The summed E-state index contributed by atoms with van der Waals surface area (Å²) in [5.74, 6) is 0.789. The van der Waals surface area contributed by atoms with E-state index in [1.54, 1.807) is 0 Å². The van der Waals surface area contributed by atoms with E-state index in [0.29, 0.717) is 5.15 Å². The maximum Gasteiger partial charge on any atom is 0.227 e. The van der Waals surface area contributed by atoms with Gasteiger partial charge in [0.1, 0.15) is 5.15 Å². The molecule has 0 saturated carbocycles. The molecule has 3 heterocycles. The Morgan fingerprint density at radius 1 is 1.06 bits per heavy atom. The van der Waals surface area contributed by atoms with Crippen LogP contribution in [0.25, 0.3) is 0 Å². The third-order valence-electron chi connectivity index (χ3n) is 3.27. The summed E-state index contributed by atoms with van der Waals surface area (Å²) in [5.41, 5.74) is 2.18. The van der Waals surface area contributed by atoms with Crippen molar-refractivity contribution in [3.8, 4) is 0 Å². The van der Waals surface area contributed by atoms with Crippen LogP contribution in [0.15, 0.2) is 0 Å². The van der Waals surface area contributed by atoms with Crippen molar-refractivity contribution in [2.24, 2.45) is 0 Å². The number of hydrogen-bond acceptors (Lipinski definition) is 5. The Labute approximate surface area is 106 Å². The van der Waals surface area contributed by atoms with Crippen LogP contribution in [0.1, 0.15) is 11.3 Å². The molecule has 0 amide bonds. The first-order valence-corrected chi connectivity index (χ1v) is 6.44. The number of aromatic nitrogens is 2. The minimum atomic E-state index is 0.607. The molecule has 2 N–H and O–H groups in total. The molecule has 17 heavy (non-hydrogen) atoms. The van der Waals surface area contributed by atoms with Crippen LogP contribution in [-0.4, -0.2) is 42.7 Å². The Morgan fingerprint density at radius 3 is 2.71 bits per heavy atom. The van der Waals surface area contributed by atoms with Crippen LogP contribution in [-0.2, 0) is 13.0 Å². The highest BCUT2D eigenvalue weighted by Gasteiger charge is 2.20. The zero-order valence-corrected chi connectivity index (χ0v) is 10.4. The van der Waals surface area contributed by atoms with Crippen LogP contribution in [0.3, 0.4) is 0 Å². The quantitative estimate of drug-likeness (QED) is 0.700. The van der Waals surface area contributed by atoms with E-state index in [2.05, 4.69) is 25.5 Å². The predicted molar refractivity (Wildman–Crippen MR) is 67.5 cm³/mol. The second-order valence-electron chi connectivity index (χ2n) is 4.40. The maximum absolute atomic E-state index is 6.23. The SMILES string of the molecule is Clc1nc(N2CCNCC2)nc2c1CNCC2. The molecule has 92 valence electrons.